The fraction of sp³-hybridized carbons (Fsp3) is 0.533. The van der Waals surface area contributed by atoms with E-state index in [1.54, 1.807) is 0 Å². The van der Waals surface area contributed by atoms with Crippen LogP contribution in [0.2, 0.25) is 0 Å². The van der Waals surface area contributed by atoms with Gasteiger partial charge < -0.3 is 11.1 Å². The number of rotatable bonds is 6. The van der Waals surface area contributed by atoms with Crippen LogP contribution in [-0.2, 0) is 17.8 Å². The summed E-state index contributed by atoms with van der Waals surface area (Å²) in [5.74, 6) is 0.154. The van der Waals surface area contributed by atoms with Crippen LogP contribution in [-0.4, -0.2) is 11.9 Å². The van der Waals surface area contributed by atoms with Crippen molar-refractivity contribution in [3.05, 3.63) is 35.4 Å². The highest BCUT2D eigenvalue weighted by atomic mass is 16.2. The Kier molecular flexibility index (Phi) is 5.86. The van der Waals surface area contributed by atoms with E-state index in [1.165, 1.54) is 11.1 Å². The lowest BCUT2D eigenvalue weighted by atomic mass is 9.99. The van der Waals surface area contributed by atoms with Crippen LogP contribution in [0.25, 0.3) is 0 Å². The number of carbonyl (C=O) groups excluding carboxylic acids is 1. The maximum Gasteiger partial charge on any atom is 0.237 e. The predicted molar refractivity (Wildman–Crippen MR) is 75.1 cm³/mol. The molecule has 3 N–H and O–H groups in total. The van der Waals surface area contributed by atoms with E-state index in [2.05, 4.69) is 18.3 Å². The summed E-state index contributed by atoms with van der Waals surface area (Å²) in [6.07, 6.45) is 1.89. The first-order valence-corrected chi connectivity index (χ1v) is 6.70. The van der Waals surface area contributed by atoms with Crippen LogP contribution in [0.4, 0.5) is 0 Å². The number of aryl methyl sites for hydroxylation is 1. The highest BCUT2D eigenvalue weighted by Gasteiger charge is 2.18. The van der Waals surface area contributed by atoms with Gasteiger partial charge in [-0.05, 0) is 23.5 Å². The van der Waals surface area contributed by atoms with E-state index in [9.17, 15) is 4.79 Å². The maximum atomic E-state index is 11.9. The van der Waals surface area contributed by atoms with Gasteiger partial charge in [0.25, 0.3) is 0 Å². The molecular formula is C15H24N2O. The largest absolute Gasteiger partial charge is 0.351 e. The summed E-state index contributed by atoms with van der Waals surface area (Å²) in [4.78, 5) is 11.9. The molecule has 0 spiro atoms. The van der Waals surface area contributed by atoms with Crippen LogP contribution >= 0.6 is 0 Å². The number of hydrogen-bond acceptors (Lipinski definition) is 2. The molecule has 0 radical (unpaired) electrons. The first-order valence-electron chi connectivity index (χ1n) is 6.70. The average molecular weight is 248 g/mol. The number of nitrogens with one attached hydrogen (secondary N) is 1. The van der Waals surface area contributed by atoms with E-state index in [0.717, 1.165) is 12.8 Å². The molecule has 0 heterocycles. The van der Waals surface area contributed by atoms with Gasteiger partial charge in [0.1, 0.15) is 0 Å². The second kappa shape index (κ2) is 7.17. The Morgan fingerprint density at radius 2 is 1.89 bits per heavy atom. The Morgan fingerprint density at radius 3 is 2.44 bits per heavy atom. The standard InChI is InChI=1S/C15H24N2O/c1-4-11(3)14(16)15(18)17-10-13-9-7-6-8-12(13)5-2/h6-9,11,14H,4-5,10,16H2,1-3H3,(H,17,18)/t11?,14-/m0/s1. The molecular weight excluding hydrogens is 224 g/mol. The molecule has 100 valence electrons. The Balaban J connectivity index is 2.57. The molecule has 0 aliphatic carbocycles. The molecule has 2 atom stereocenters. The van der Waals surface area contributed by atoms with Crippen LogP contribution in [0, 0.1) is 5.92 Å². The van der Waals surface area contributed by atoms with Crippen LogP contribution in [0.15, 0.2) is 24.3 Å². The lowest BCUT2D eigenvalue weighted by Crippen LogP contribution is -2.44. The van der Waals surface area contributed by atoms with E-state index < -0.39 is 6.04 Å². The summed E-state index contributed by atoms with van der Waals surface area (Å²) < 4.78 is 0. The number of carbonyl (C=O) groups is 1. The molecule has 1 rings (SSSR count). The lowest BCUT2D eigenvalue weighted by molar-refractivity contribution is -0.123. The van der Waals surface area contributed by atoms with Crippen molar-refractivity contribution in [2.24, 2.45) is 11.7 Å². The van der Waals surface area contributed by atoms with Crippen LogP contribution in [0.5, 0.6) is 0 Å². The van der Waals surface area contributed by atoms with E-state index in [4.69, 9.17) is 5.73 Å². The van der Waals surface area contributed by atoms with Gasteiger partial charge in [-0.1, -0.05) is 51.5 Å². The Labute approximate surface area is 110 Å². The quantitative estimate of drug-likeness (QED) is 0.811. The molecule has 0 bridgehead atoms. The van der Waals surface area contributed by atoms with Crippen molar-refractivity contribution in [3.8, 4) is 0 Å². The molecule has 0 aliphatic heterocycles. The Hall–Kier alpha value is -1.35. The van der Waals surface area contributed by atoms with Gasteiger partial charge in [-0.3, -0.25) is 4.79 Å². The van der Waals surface area contributed by atoms with Gasteiger partial charge in [0.05, 0.1) is 6.04 Å². The minimum atomic E-state index is -0.413. The fourth-order valence-corrected chi connectivity index (χ4v) is 1.89. The molecule has 0 fully saturated rings. The number of hydrogen-bond donors (Lipinski definition) is 2. The van der Waals surface area contributed by atoms with E-state index >= 15 is 0 Å². The molecule has 0 aromatic heterocycles. The third-order valence-corrected chi connectivity index (χ3v) is 3.51. The van der Waals surface area contributed by atoms with Crippen molar-refractivity contribution >= 4 is 5.91 Å². The molecule has 3 heteroatoms. The second-order valence-corrected chi connectivity index (χ2v) is 4.75. The summed E-state index contributed by atoms with van der Waals surface area (Å²) >= 11 is 0. The first-order chi connectivity index (χ1) is 8.60. The molecule has 0 saturated heterocycles. The van der Waals surface area contributed by atoms with E-state index in [1.807, 2.05) is 32.0 Å². The predicted octanol–water partition coefficient (Wildman–Crippen LogP) is 2.24. The molecule has 1 aromatic rings. The molecule has 0 aliphatic rings. The van der Waals surface area contributed by atoms with Crippen molar-refractivity contribution < 1.29 is 4.79 Å². The van der Waals surface area contributed by atoms with Gasteiger partial charge in [-0.15, -0.1) is 0 Å². The molecule has 3 nitrogen and oxygen atoms in total. The smallest absolute Gasteiger partial charge is 0.237 e. The van der Waals surface area contributed by atoms with Crippen LogP contribution in [0.3, 0.4) is 0 Å². The van der Waals surface area contributed by atoms with Crippen molar-refractivity contribution in [2.75, 3.05) is 0 Å². The average Bonchev–Trinajstić information content (AvgIpc) is 2.43. The molecule has 1 aromatic carbocycles. The zero-order valence-corrected chi connectivity index (χ0v) is 11.6. The fourth-order valence-electron chi connectivity index (χ4n) is 1.89. The molecule has 1 unspecified atom stereocenters. The summed E-state index contributed by atoms with van der Waals surface area (Å²) in [7, 11) is 0. The Morgan fingerprint density at radius 1 is 1.28 bits per heavy atom. The SMILES string of the molecule is CCc1ccccc1CNC(=O)[C@@H](N)C(C)CC. The maximum absolute atomic E-state index is 11.9. The number of benzene rings is 1. The first kappa shape index (κ1) is 14.7. The van der Waals surface area contributed by atoms with Gasteiger partial charge in [-0.25, -0.2) is 0 Å². The van der Waals surface area contributed by atoms with Crippen molar-refractivity contribution in [1.29, 1.82) is 0 Å². The Bertz CT molecular complexity index is 390. The van der Waals surface area contributed by atoms with Gasteiger partial charge >= 0.3 is 0 Å². The monoisotopic (exact) mass is 248 g/mol. The minimum absolute atomic E-state index is 0.0599. The molecule has 18 heavy (non-hydrogen) atoms. The lowest BCUT2D eigenvalue weighted by Gasteiger charge is -2.18. The van der Waals surface area contributed by atoms with E-state index in [-0.39, 0.29) is 11.8 Å². The summed E-state index contributed by atoms with van der Waals surface area (Å²) in [5, 5.41) is 2.92. The van der Waals surface area contributed by atoms with Crippen molar-refractivity contribution in [1.82, 2.24) is 5.32 Å². The molecule has 0 saturated carbocycles. The highest BCUT2D eigenvalue weighted by Crippen LogP contribution is 2.10. The zero-order valence-electron chi connectivity index (χ0n) is 11.6. The second-order valence-electron chi connectivity index (χ2n) is 4.75. The minimum Gasteiger partial charge on any atom is -0.351 e. The molecule has 1 amide bonds. The number of nitrogens with two attached hydrogens (primary N) is 1. The summed E-state index contributed by atoms with van der Waals surface area (Å²) in [6, 6.07) is 7.75. The van der Waals surface area contributed by atoms with Crippen molar-refractivity contribution in [3.63, 3.8) is 0 Å². The summed E-state index contributed by atoms with van der Waals surface area (Å²) in [6.45, 7) is 6.73. The van der Waals surface area contributed by atoms with Gasteiger partial charge in [-0.2, -0.15) is 0 Å². The zero-order chi connectivity index (χ0) is 13.5. The highest BCUT2D eigenvalue weighted by molar-refractivity contribution is 5.81. The normalized spacial score (nSPS) is 14.0. The third-order valence-electron chi connectivity index (χ3n) is 3.51. The van der Waals surface area contributed by atoms with Crippen LogP contribution < -0.4 is 11.1 Å². The number of amides is 1. The van der Waals surface area contributed by atoms with E-state index in [0.29, 0.717) is 6.54 Å². The van der Waals surface area contributed by atoms with Gasteiger partial charge in [0.15, 0.2) is 0 Å². The van der Waals surface area contributed by atoms with Gasteiger partial charge in [0, 0.05) is 6.54 Å². The van der Waals surface area contributed by atoms with Crippen molar-refractivity contribution in [2.45, 2.75) is 46.2 Å². The topological polar surface area (TPSA) is 55.1 Å². The summed E-state index contributed by atoms with van der Waals surface area (Å²) in [5.41, 5.74) is 8.34. The van der Waals surface area contributed by atoms with Crippen LogP contribution in [0.1, 0.15) is 38.3 Å². The van der Waals surface area contributed by atoms with Gasteiger partial charge in [0.2, 0.25) is 5.91 Å². The third kappa shape index (κ3) is 3.84.